The Morgan fingerprint density at radius 1 is 1.62 bits per heavy atom. The number of hydrogen-bond donors (Lipinski definition) is 2. The summed E-state index contributed by atoms with van der Waals surface area (Å²) < 4.78 is 12.5. The molecule has 0 aliphatic heterocycles. The number of rotatable bonds is 3. The summed E-state index contributed by atoms with van der Waals surface area (Å²) in [4.78, 5) is 3.79. The van der Waals surface area contributed by atoms with Crippen LogP contribution in [0.4, 0.5) is 4.39 Å². The molecule has 1 aromatic heterocycles. The first kappa shape index (κ1) is 10.1. The van der Waals surface area contributed by atoms with Crippen LogP contribution in [0.2, 0.25) is 0 Å². The van der Waals surface area contributed by atoms with Crippen molar-refractivity contribution >= 4 is 0 Å². The number of hydrogen-bond acceptors (Lipinski definition) is 3. The van der Waals surface area contributed by atoms with Crippen molar-refractivity contribution in [3.8, 4) is 0 Å². The number of nitrogens with zero attached hydrogens (tertiary/aromatic N) is 1. The highest BCUT2D eigenvalue weighted by molar-refractivity contribution is 5.13. The Morgan fingerprint density at radius 3 is 2.69 bits per heavy atom. The van der Waals surface area contributed by atoms with Crippen LogP contribution in [0.25, 0.3) is 0 Å². The zero-order chi connectivity index (χ0) is 9.90. The summed E-state index contributed by atoms with van der Waals surface area (Å²) in [6.45, 7) is 1.89. The smallest absolute Gasteiger partial charge is 0.141 e. The van der Waals surface area contributed by atoms with Crippen LogP contribution in [0.3, 0.4) is 0 Å². The lowest BCUT2D eigenvalue weighted by Gasteiger charge is -2.23. The van der Waals surface area contributed by atoms with Crippen LogP contribution in [0.5, 0.6) is 0 Å². The maximum atomic E-state index is 12.5. The van der Waals surface area contributed by atoms with Crippen molar-refractivity contribution in [1.82, 2.24) is 4.98 Å². The van der Waals surface area contributed by atoms with Gasteiger partial charge in [0, 0.05) is 6.54 Å². The normalized spacial score (nSPS) is 15.4. The van der Waals surface area contributed by atoms with Crippen molar-refractivity contribution in [2.45, 2.75) is 18.9 Å². The van der Waals surface area contributed by atoms with E-state index in [1.54, 1.807) is 6.92 Å². The van der Waals surface area contributed by atoms with E-state index in [4.69, 9.17) is 5.73 Å². The second-order valence-corrected chi connectivity index (χ2v) is 2.95. The van der Waals surface area contributed by atoms with Crippen molar-refractivity contribution < 1.29 is 9.50 Å². The molecule has 3 N–H and O–H groups in total. The van der Waals surface area contributed by atoms with Crippen molar-refractivity contribution in [3.63, 3.8) is 0 Å². The second-order valence-electron chi connectivity index (χ2n) is 2.95. The minimum absolute atomic E-state index is 0.0854. The molecule has 72 valence electrons. The van der Waals surface area contributed by atoms with Gasteiger partial charge in [-0.05, 0) is 18.6 Å². The maximum absolute atomic E-state index is 12.5. The van der Waals surface area contributed by atoms with Gasteiger partial charge < -0.3 is 10.8 Å². The van der Waals surface area contributed by atoms with E-state index in [-0.39, 0.29) is 6.54 Å². The van der Waals surface area contributed by atoms with Crippen LogP contribution in [0.15, 0.2) is 18.3 Å². The van der Waals surface area contributed by atoms with E-state index in [1.165, 1.54) is 12.1 Å². The highest BCUT2D eigenvalue weighted by Gasteiger charge is 2.26. The van der Waals surface area contributed by atoms with Gasteiger partial charge in [-0.25, -0.2) is 4.39 Å². The molecule has 4 heteroatoms. The molecule has 0 aliphatic rings. The second kappa shape index (κ2) is 3.81. The Kier molecular flexibility index (Phi) is 2.95. The largest absolute Gasteiger partial charge is 0.382 e. The van der Waals surface area contributed by atoms with Crippen molar-refractivity contribution in [1.29, 1.82) is 0 Å². The number of nitrogens with two attached hydrogens (primary N) is 1. The fourth-order valence-corrected chi connectivity index (χ4v) is 1.08. The SMILES string of the molecule is CCC(O)(CN)c1ccc(F)cn1. The molecule has 1 unspecified atom stereocenters. The van der Waals surface area contributed by atoms with E-state index in [0.29, 0.717) is 12.1 Å². The van der Waals surface area contributed by atoms with Crippen molar-refractivity contribution in [2.75, 3.05) is 6.54 Å². The molecular weight excluding hydrogens is 171 g/mol. The molecule has 3 nitrogen and oxygen atoms in total. The summed E-state index contributed by atoms with van der Waals surface area (Å²) in [6, 6.07) is 2.71. The summed E-state index contributed by atoms with van der Waals surface area (Å²) in [5.74, 6) is -0.417. The summed E-state index contributed by atoms with van der Waals surface area (Å²) >= 11 is 0. The summed E-state index contributed by atoms with van der Waals surface area (Å²) in [5, 5.41) is 9.88. The third kappa shape index (κ3) is 2.02. The van der Waals surface area contributed by atoms with Gasteiger partial charge in [-0.3, -0.25) is 4.98 Å². The molecule has 1 atom stereocenters. The lowest BCUT2D eigenvalue weighted by molar-refractivity contribution is 0.0373. The van der Waals surface area contributed by atoms with Gasteiger partial charge in [-0.15, -0.1) is 0 Å². The fraction of sp³-hybridized carbons (Fsp3) is 0.444. The van der Waals surface area contributed by atoms with Crippen LogP contribution in [-0.2, 0) is 5.60 Å². The molecule has 0 bridgehead atoms. The minimum atomic E-state index is -1.13. The standard InChI is InChI=1S/C9H13FN2O/c1-2-9(13,6-11)8-4-3-7(10)5-12-8/h3-5,13H,2,6,11H2,1H3. The Balaban J connectivity index is 2.99. The zero-order valence-corrected chi connectivity index (χ0v) is 7.50. The van der Waals surface area contributed by atoms with E-state index in [2.05, 4.69) is 4.98 Å². The molecule has 1 aromatic rings. The molecule has 0 saturated carbocycles. The van der Waals surface area contributed by atoms with E-state index >= 15 is 0 Å². The van der Waals surface area contributed by atoms with Gasteiger partial charge in [0.2, 0.25) is 0 Å². The van der Waals surface area contributed by atoms with Crippen LogP contribution >= 0.6 is 0 Å². The zero-order valence-electron chi connectivity index (χ0n) is 7.50. The molecule has 0 radical (unpaired) electrons. The topological polar surface area (TPSA) is 59.1 Å². The maximum Gasteiger partial charge on any atom is 0.141 e. The van der Waals surface area contributed by atoms with Crippen molar-refractivity contribution in [2.24, 2.45) is 5.73 Å². The molecule has 0 aromatic carbocycles. The molecule has 0 saturated heterocycles. The van der Waals surface area contributed by atoms with E-state index in [1.807, 2.05) is 0 Å². The predicted molar refractivity (Wildman–Crippen MR) is 47.4 cm³/mol. The van der Waals surface area contributed by atoms with Gasteiger partial charge in [0.1, 0.15) is 11.4 Å². The molecular formula is C9H13FN2O. The summed E-state index contributed by atoms with van der Waals surface area (Å²) in [7, 11) is 0. The van der Waals surface area contributed by atoms with E-state index in [9.17, 15) is 9.50 Å². The third-order valence-electron chi connectivity index (χ3n) is 2.13. The predicted octanol–water partition coefficient (Wildman–Crippen LogP) is 0.777. The quantitative estimate of drug-likeness (QED) is 0.729. The Hall–Kier alpha value is -1.00. The van der Waals surface area contributed by atoms with Crippen molar-refractivity contribution in [3.05, 3.63) is 29.8 Å². The third-order valence-corrected chi connectivity index (χ3v) is 2.13. The number of pyridine rings is 1. The molecule has 1 rings (SSSR count). The van der Waals surface area contributed by atoms with Gasteiger partial charge in [0.15, 0.2) is 0 Å². The Bertz CT molecular complexity index is 269. The molecule has 0 aliphatic carbocycles. The molecule has 0 fully saturated rings. The van der Waals surface area contributed by atoms with Crippen LogP contribution in [0.1, 0.15) is 19.0 Å². The molecule has 0 spiro atoms. The van der Waals surface area contributed by atoms with Crippen LogP contribution in [0, 0.1) is 5.82 Å². The van der Waals surface area contributed by atoms with Gasteiger partial charge in [0.05, 0.1) is 11.9 Å². The Morgan fingerprint density at radius 2 is 2.31 bits per heavy atom. The lowest BCUT2D eigenvalue weighted by Crippen LogP contribution is -2.35. The first-order valence-electron chi connectivity index (χ1n) is 4.17. The lowest BCUT2D eigenvalue weighted by atomic mass is 9.96. The highest BCUT2D eigenvalue weighted by atomic mass is 19.1. The molecule has 1 heterocycles. The summed E-state index contributed by atoms with van der Waals surface area (Å²) in [5.41, 5.74) is 4.69. The number of halogens is 1. The van der Waals surface area contributed by atoms with E-state index in [0.717, 1.165) is 6.20 Å². The minimum Gasteiger partial charge on any atom is -0.382 e. The molecule has 13 heavy (non-hydrogen) atoms. The van der Waals surface area contributed by atoms with Crippen LogP contribution < -0.4 is 5.73 Å². The molecule has 0 amide bonds. The monoisotopic (exact) mass is 184 g/mol. The number of aromatic nitrogens is 1. The van der Waals surface area contributed by atoms with Gasteiger partial charge in [-0.2, -0.15) is 0 Å². The first-order valence-corrected chi connectivity index (χ1v) is 4.17. The summed E-state index contributed by atoms with van der Waals surface area (Å²) in [6.07, 6.45) is 1.54. The van der Waals surface area contributed by atoms with E-state index < -0.39 is 11.4 Å². The fourth-order valence-electron chi connectivity index (χ4n) is 1.08. The average Bonchev–Trinajstić information content (AvgIpc) is 2.18. The first-order chi connectivity index (χ1) is 6.12. The Labute approximate surface area is 76.4 Å². The highest BCUT2D eigenvalue weighted by Crippen LogP contribution is 2.21. The number of aliphatic hydroxyl groups is 1. The van der Waals surface area contributed by atoms with Gasteiger partial charge >= 0.3 is 0 Å². The van der Waals surface area contributed by atoms with Gasteiger partial charge in [-0.1, -0.05) is 6.92 Å². The average molecular weight is 184 g/mol. The van der Waals surface area contributed by atoms with Crippen LogP contribution in [-0.4, -0.2) is 16.6 Å². The van der Waals surface area contributed by atoms with Gasteiger partial charge in [0.25, 0.3) is 0 Å².